The molecule has 1 N–H and O–H groups in total. The first kappa shape index (κ1) is 19.7. The summed E-state index contributed by atoms with van der Waals surface area (Å²) in [6, 6.07) is 4.76. The minimum absolute atomic E-state index is 0.273. The van der Waals surface area contributed by atoms with E-state index in [1.54, 1.807) is 19.2 Å². The summed E-state index contributed by atoms with van der Waals surface area (Å²) in [5.41, 5.74) is 0.135. The summed E-state index contributed by atoms with van der Waals surface area (Å²) in [5, 5.41) is 2.79. The van der Waals surface area contributed by atoms with E-state index in [1.807, 2.05) is 13.8 Å². The third kappa shape index (κ3) is 6.39. The van der Waals surface area contributed by atoms with Crippen molar-refractivity contribution >= 4 is 58.0 Å². The molecule has 1 aromatic carbocycles. The van der Waals surface area contributed by atoms with E-state index in [4.69, 9.17) is 55.9 Å². The standard InChI is InChI=1S/C14H17Cl4NO3/c1-13(2,21-3)6-7-22-11-5-4-9(8-10(11)15)19-12(20)14(16,17)18/h4-5,8H,6-7H2,1-3H3,(H,19,20). The molecule has 124 valence electrons. The molecule has 0 heterocycles. The average molecular weight is 389 g/mol. The number of carbonyl (C=O) groups is 1. The van der Waals surface area contributed by atoms with E-state index in [2.05, 4.69) is 5.32 Å². The average Bonchev–Trinajstić information content (AvgIpc) is 2.40. The maximum Gasteiger partial charge on any atom is 0.276 e. The molecule has 0 unspecified atom stereocenters. The van der Waals surface area contributed by atoms with Gasteiger partial charge in [-0.05, 0) is 32.0 Å². The van der Waals surface area contributed by atoms with Crippen LogP contribution in [-0.4, -0.2) is 29.0 Å². The van der Waals surface area contributed by atoms with E-state index in [1.165, 1.54) is 6.07 Å². The minimum Gasteiger partial charge on any atom is -0.492 e. The quantitative estimate of drug-likeness (QED) is 0.709. The Morgan fingerprint density at radius 1 is 1.27 bits per heavy atom. The molecule has 0 saturated heterocycles. The Morgan fingerprint density at radius 2 is 1.91 bits per heavy atom. The van der Waals surface area contributed by atoms with Crippen molar-refractivity contribution in [2.45, 2.75) is 29.7 Å². The molecule has 0 saturated carbocycles. The zero-order valence-electron chi connectivity index (χ0n) is 12.4. The summed E-state index contributed by atoms with van der Waals surface area (Å²) in [4.78, 5) is 11.6. The van der Waals surface area contributed by atoms with Crippen LogP contribution in [0, 0.1) is 0 Å². The van der Waals surface area contributed by atoms with Crippen LogP contribution in [0.25, 0.3) is 0 Å². The van der Waals surface area contributed by atoms with E-state index in [0.717, 1.165) is 0 Å². The molecule has 0 aliphatic carbocycles. The maximum atomic E-state index is 11.6. The number of hydrogen-bond acceptors (Lipinski definition) is 3. The number of anilines is 1. The van der Waals surface area contributed by atoms with Gasteiger partial charge in [0.15, 0.2) is 0 Å². The maximum absolute atomic E-state index is 11.6. The second-order valence-electron chi connectivity index (χ2n) is 5.16. The molecule has 0 fully saturated rings. The van der Waals surface area contributed by atoms with Crippen LogP contribution in [-0.2, 0) is 9.53 Å². The van der Waals surface area contributed by atoms with Gasteiger partial charge in [-0.1, -0.05) is 46.4 Å². The number of nitrogens with one attached hydrogen (secondary N) is 1. The van der Waals surface area contributed by atoms with Crippen LogP contribution >= 0.6 is 46.4 Å². The number of alkyl halides is 3. The SMILES string of the molecule is COC(C)(C)CCOc1ccc(NC(=O)C(Cl)(Cl)Cl)cc1Cl. The highest BCUT2D eigenvalue weighted by atomic mass is 35.6. The van der Waals surface area contributed by atoms with Gasteiger partial charge in [-0.3, -0.25) is 4.79 Å². The van der Waals surface area contributed by atoms with Crippen LogP contribution in [0.15, 0.2) is 18.2 Å². The molecule has 1 amide bonds. The Morgan fingerprint density at radius 3 is 2.41 bits per heavy atom. The predicted molar refractivity (Wildman–Crippen MR) is 91.6 cm³/mol. The van der Waals surface area contributed by atoms with Gasteiger partial charge in [-0.15, -0.1) is 0 Å². The van der Waals surface area contributed by atoms with Crippen molar-refractivity contribution in [1.82, 2.24) is 0 Å². The smallest absolute Gasteiger partial charge is 0.276 e. The van der Waals surface area contributed by atoms with Crippen LogP contribution in [0.3, 0.4) is 0 Å². The van der Waals surface area contributed by atoms with Crippen molar-refractivity contribution in [3.8, 4) is 5.75 Å². The molecule has 8 heteroatoms. The summed E-state index contributed by atoms with van der Waals surface area (Å²) < 4.78 is 8.87. The lowest BCUT2D eigenvalue weighted by Gasteiger charge is -2.22. The summed E-state index contributed by atoms with van der Waals surface area (Å²) in [6.45, 7) is 4.38. The Labute approximate surface area is 150 Å². The van der Waals surface area contributed by atoms with Crippen molar-refractivity contribution in [1.29, 1.82) is 0 Å². The number of methoxy groups -OCH3 is 1. The van der Waals surface area contributed by atoms with Crippen molar-refractivity contribution in [2.75, 3.05) is 19.0 Å². The van der Waals surface area contributed by atoms with Gasteiger partial charge in [-0.2, -0.15) is 0 Å². The number of amides is 1. The lowest BCUT2D eigenvalue weighted by atomic mass is 10.1. The van der Waals surface area contributed by atoms with Crippen LogP contribution in [0.5, 0.6) is 5.75 Å². The Balaban J connectivity index is 2.65. The first-order chi connectivity index (χ1) is 10.0. The molecule has 22 heavy (non-hydrogen) atoms. The highest BCUT2D eigenvalue weighted by Crippen LogP contribution is 2.31. The molecular formula is C14H17Cl4NO3. The second-order valence-corrected chi connectivity index (χ2v) is 7.85. The number of rotatable bonds is 6. The molecule has 4 nitrogen and oxygen atoms in total. The van der Waals surface area contributed by atoms with Crippen molar-refractivity contribution in [2.24, 2.45) is 0 Å². The molecular weight excluding hydrogens is 372 g/mol. The third-order valence-electron chi connectivity index (χ3n) is 2.96. The van der Waals surface area contributed by atoms with Gasteiger partial charge >= 0.3 is 0 Å². The van der Waals surface area contributed by atoms with E-state index in [-0.39, 0.29) is 5.60 Å². The summed E-state index contributed by atoms with van der Waals surface area (Å²) >= 11 is 22.5. The predicted octanol–water partition coefficient (Wildman–Crippen LogP) is 4.84. The van der Waals surface area contributed by atoms with Gasteiger partial charge in [0.25, 0.3) is 9.70 Å². The van der Waals surface area contributed by atoms with Crippen molar-refractivity contribution in [3.05, 3.63) is 23.2 Å². The number of carbonyl (C=O) groups excluding carboxylic acids is 1. The van der Waals surface area contributed by atoms with Gasteiger partial charge in [-0.25, -0.2) is 0 Å². The van der Waals surface area contributed by atoms with E-state index >= 15 is 0 Å². The molecule has 1 aromatic rings. The van der Waals surface area contributed by atoms with Crippen LogP contribution in [0.2, 0.25) is 5.02 Å². The van der Waals surface area contributed by atoms with Crippen LogP contribution in [0.1, 0.15) is 20.3 Å². The fourth-order valence-electron chi connectivity index (χ4n) is 1.41. The van der Waals surface area contributed by atoms with Crippen LogP contribution < -0.4 is 10.1 Å². The Bertz CT molecular complexity index is 529. The summed E-state index contributed by atoms with van der Waals surface area (Å²) in [6.07, 6.45) is 0.700. The normalized spacial score (nSPS) is 12.1. The van der Waals surface area contributed by atoms with Gasteiger partial charge < -0.3 is 14.8 Å². The number of ether oxygens (including phenoxy) is 2. The molecule has 0 aromatic heterocycles. The molecule has 0 aliphatic rings. The largest absolute Gasteiger partial charge is 0.492 e. The van der Waals surface area contributed by atoms with E-state index in [9.17, 15) is 4.79 Å². The lowest BCUT2D eigenvalue weighted by Crippen LogP contribution is -2.26. The fourth-order valence-corrected chi connectivity index (χ4v) is 1.78. The van der Waals surface area contributed by atoms with Crippen LogP contribution in [0.4, 0.5) is 5.69 Å². The highest BCUT2D eigenvalue weighted by molar-refractivity contribution is 6.76. The highest BCUT2D eigenvalue weighted by Gasteiger charge is 2.30. The monoisotopic (exact) mass is 387 g/mol. The number of halogens is 4. The summed E-state index contributed by atoms with van der Waals surface area (Å²) in [7, 11) is 1.65. The lowest BCUT2D eigenvalue weighted by molar-refractivity contribution is -0.115. The molecule has 0 aliphatic heterocycles. The van der Waals surface area contributed by atoms with Crippen molar-refractivity contribution in [3.63, 3.8) is 0 Å². The van der Waals surface area contributed by atoms with E-state index in [0.29, 0.717) is 29.5 Å². The molecule has 1 rings (SSSR count). The fraction of sp³-hybridized carbons (Fsp3) is 0.500. The number of hydrogen-bond donors (Lipinski definition) is 1. The first-order valence-corrected chi connectivity index (χ1v) is 7.92. The first-order valence-electron chi connectivity index (χ1n) is 6.41. The third-order valence-corrected chi connectivity index (χ3v) is 3.77. The Hall–Kier alpha value is -0.390. The summed E-state index contributed by atoms with van der Waals surface area (Å²) in [5.74, 6) is -0.260. The van der Waals surface area contributed by atoms with Gasteiger partial charge in [0.1, 0.15) is 5.75 Å². The molecule has 0 radical (unpaired) electrons. The topological polar surface area (TPSA) is 47.6 Å². The minimum atomic E-state index is -2.03. The van der Waals surface area contributed by atoms with Gasteiger partial charge in [0, 0.05) is 19.2 Å². The second kappa shape index (κ2) is 7.93. The zero-order valence-corrected chi connectivity index (χ0v) is 15.4. The molecule has 0 spiro atoms. The molecule has 0 bridgehead atoms. The van der Waals surface area contributed by atoms with E-state index < -0.39 is 9.70 Å². The van der Waals surface area contributed by atoms with Gasteiger partial charge in [0.05, 0.1) is 17.2 Å². The van der Waals surface area contributed by atoms with Crippen molar-refractivity contribution < 1.29 is 14.3 Å². The number of benzene rings is 1. The zero-order chi connectivity index (χ0) is 17.0. The van der Waals surface area contributed by atoms with Gasteiger partial charge in [0.2, 0.25) is 0 Å². The Kier molecular flexibility index (Phi) is 7.09. The molecule has 0 atom stereocenters.